The standard InChI is InChI=1S/C23H24N4O2/c1-25-13-15-27(16-14-25)23(29)20-19(17-9-5-3-6-10-17)21(24-26(2)22(20)28)18-11-7-4-8-12-18/h3-12H,13-16H2,1-2H3. The first-order valence-corrected chi connectivity index (χ1v) is 9.76. The molecule has 1 amide bonds. The van der Waals surface area contributed by atoms with E-state index in [2.05, 4.69) is 10.00 Å². The summed E-state index contributed by atoms with van der Waals surface area (Å²) in [5.74, 6) is -0.225. The molecule has 0 spiro atoms. The number of benzene rings is 2. The number of amides is 1. The van der Waals surface area contributed by atoms with Crippen molar-refractivity contribution in [3.63, 3.8) is 0 Å². The molecule has 6 nitrogen and oxygen atoms in total. The highest BCUT2D eigenvalue weighted by Gasteiger charge is 2.29. The van der Waals surface area contributed by atoms with Crippen molar-refractivity contribution < 1.29 is 4.79 Å². The summed E-state index contributed by atoms with van der Waals surface area (Å²) in [6.07, 6.45) is 0. The van der Waals surface area contributed by atoms with Gasteiger partial charge in [-0.1, -0.05) is 60.7 Å². The lowest BCUT2D eigenvalue weighted by Crippen LogP contribution is -2.48. The first-order chi connectivity index (χ1) is 14.1. The quantitative estimate of drug-likeness (QED) is 0.692. The van der Waals surface area contributed by atoms with Crippen molar-refractivity contribution >= 4 is 5.91 Å². The second-order valence-corrected chi connectivity index (χ2v) is 7.35. The second kappa shape index (κ2) is 8.01. The van der Waals surface area contributed by atoms with Gasteiger partial charge in [-0.3, -0.25) is 9.59 Å². The molecule has 4 rings (SSSR count). The molecule has 0 bridgehead atoms. The van der Waals surface area contributed by atoms with Gasteiger partial charge in [-0.05, 0) is 12.6 Å². The lowest BCUT2D eigenvalue weighted by molar-refractivity contribution is 0.0662. The number of carbonyl (C=O) groups excluding carboxylic acids is 1. The minimum atomic E-state index is -0.368. The highest BCUT2D eigenvalue weighted by atomic mass is 16.2. The molecular formula is C23H24N4O2. The van der Waals surface area contributed by atoms with Crippen LogP contribution in [0.1, 0.15) is 10.4 Å². The average Bonchev–Trinajstić information content (AvgIpc) is 2.76. The normalized spacial score (nSPS) is 14.8. The Labute approximate surface area is 170 Å². The number of piperazine rings is 1. The van der Waals surface area contributed by atoms with Crippen molar-refractivity contribution in [2.45, 2.75) is 0 Å². The van der Waals surface area contributed by atoms with Gasteiger partial charge in [0, 0.05) is 44.4 Å². The third-order valence-electron chi connectivity index (χ3n) is 5.36. The van der Waals surface area contributed by atoms with Crippen molar-refractivity contribution in [3.05, 3.63) is 76.6 Å². The van der Waals surface area contributed by atoms with Crippen LogP contribution < -0.4 is 5.56 Å². The molecule has 0 N–H and O–H groups in total. The van der Waals surface area contributed by atoms with Crippen LogP contribution in [0.4, 0.5) is 0 Å². The van der Waals surface area contributed by atoms with E-state index in [1.54, 1.807) is 11.9 Å². The van der Waals surface area contributed by atoms with E-state index in [0.717, 1.165) is 24.2 Å². The van der Waals surface area contributed by atoms with Crippen LogP contribution in [0.3, 0.4) is 0 Å². The second-order valence-electron chi connectivity index (χ2n) is 7.35. The van der Waals surface area contributed by atoms with E-state index in [1.807, 2.05) is 67.7 Å². The fourth-order valence-electron chi connectivity index (χ4n) is 3.68. The maximum Gasteiger partial charge on any atom is 0.280 e. The van der Waals surface area contributed by atoms with Gasteiger partial charge in [0.15, 0.2) is 0 Å². The molecule has 29 heavy (non-hydrogen) atoms. The van der Waals surface area contributed by atoms with E-state index in [0.29, 0.717) is 24.3 Å². The Kier molecular flexibility index (Phi) is 5.27. The first-order valence-electron chi connectivity index (χ1n) is 9.76. The molecule has 0 aliphatic carbocycles. The van der Waals surface area contributed by atoms with Crippen LogP contribution in [0.15, 0.2) is 65.5 Å². The van der Waals surface area contributed by atoms with Crippen LogP contribution in [0.5, 0.6) is 0 Å². The van der Waals surface area contributed by atoms with E-state index >= 15 is 0 Å². The van der Waals surface area contributed by atoms with Crippen molar-refractivity contribution in [2.24, 2.45) is 7.05 Å². The Balaban J connectivity index is 1.95. The third kappa shape index (κ3) is 3.71. The van der Waals surface area contributed by atoms with Gasteiger partial charge < -0.3 is 9.80 Å². The van der Waals surface area contributed by atoms with E-state index in [4.69, 9.17) is 0 Å². The van der Waals surface area contributed by atoms with Crippen molar-refractivity contribution in [1.82, 2.24) is 19.6 Å². The van der Waals surface area contributed by atoms with Gasteiger partial charge in [0.2, 0.25) is 0 Å². The molecule has 2 heterocycles. The van der Waals surface area contributed by atoms with Gasteiger partial charge in [0.1, 0.15) is 5.56 Å². The number of hydrogen-bond donors (Lipinski definition) is 0. The van der Waals surface area contributed by atoms with Gasteiger partial charge >= 0.3 is 0 Å². The average molecular weight is 388 g/mol. The maximum absolute atomic E-state index is 13.5. The molecule has 1 aliphatic heterocycles. The van der Waals surface area contributed by atoms with Crippen molar-refractivity contribution in [3.8, 4) is 22.4 Å². The summed E-state index contributed by atoms with van der Waals surface area (Å²) in [7, 11) is 3.64. The van der Waals surface area contributed by atoms with Gasteiger partial charge in [0.25, 0.3) is 11.5 Å². The van der Waals surface area contributed by atoms with Gasteiger partial charge in [-0.25, -0.2) is 4.68 Å². The highest BCUT2D eigenvalue weighted by Crippen LogP contribution is 2.32. The predicted octanol–water partition coefficient (Wildman–Crippen LogP) is 2.50. The van der Waals surface area contributed by atoms with Gasteiger partial charge in [-0.2, -0.15) is 5.10 Å². The van der Waals surface area contributed by atoms with E-state index in [9.17, 15) is 9.59 Å². The largest absolute Gasteiger partial charge is 0.336 e. The Morgan fingerprint density at radius 1 is 0.828 bits per heavy atom. The highest BCUT2D eigenvalue weighted by molar-refractivity contribution is 6.03. The summed E-state index contributed by atoms with van der Waals surface area (Å²) in [5, 5.41) is 4.54. The summed E-state index contributed by atoms with van der Waals surface area (Å²) >= 11 is 0. The van der Waals surface area contributed by atoms with Gasteiger partial charge in [-0.15, -0.1) is 0 Å². The van der Waals surface area contributed by atoms with Crippen molar-refractivity contribution in [2.75, 3.05) is 33.2 Å². The molecule has 3 aromatic rings. The topological polar surface area (TPSA) is 58.4 Å². The molecule has 1 saturated heterocycles. The summed E-state index contributed by atoms with van der Waals surface area (Å²) in [5.41, 5.74) is 2.74. The monoisotopic (exact) mass is 388 g/mol. The summed E-state index contributed by atoms with van der Waals surface area (Å²) < 4.78 is 1.28. The Morgan fingerprint density at radius 3 is 1.97 bits per heavy atom. The molecule has 6 heteroatoms. The summed E-state index contributed by atoms with van der Waals surface area (Å²) in [6.45, 7) is 2.80. The molecule has 0 radical (unpaired) electrons. The molecule has 0 atom stereocenters. The molecule has 0 saturated carbocycles. The number of hydrogen-bond acceptors (Lipinski definition) is 4. The molecule has 1 fully saturated rings. The fourth-order valence-corrected chi connectivity index (χ4v) is 3.68. The molecule has 0 unspecified atom stereocenters. The Bertz CT molecular complexity index is 1070. The molecule has 2 aromatic carbocycles. The van der Waals surface area contributed by atoms with Crippen LogP contribution in [-0.2, 0) is 7.05 Å². The zero-order valence-corrected chi connectivity index (χ0v) is 16.7. The zero-order chi connectivity index (χ0) is 20.4. The van der Waals surface area contributed by atoms with Crippen molar-refractivity contribution in [1.29, 1.82) is 0 Å². The van der Waals surface area contributed by atoms with E-state index in [-0.39, 0.29) is 17.0 Å². The van der Waals surface area contributed by atoms with Crippen LogP contribution in [0.25, 0.3) is 22.4 Å². The predicted molar refractivity (Wildman–Crippen MR) is 114 cm³/mol. The number of aryl methyl sites for hydroxylation is 1. The molecule has 1 aliphatic rings. The number of rotatable bonds is 3. The minimum Gasteiger partial charge on any atom is -0.336 e. The summed E-state index contributed by atoms with van der Waals surface area (Å²) in [6, 6.07) is 19.3. The number of nitrogens with zero attached hydrogens (tertiary/aromatic N) is 4. The zero-order valence-electron chi connectivity index (χ0n) is 16.7. The van der Waals surface area contributed by atoms with Crippen LogP contribution in [0, 0.1) is 0 Å². The van der Waals surface area contributed by atoms with Crippen LogP contribution in [0.2, 0.25) is 0 Å². The maximum atomic E-state index is 13.5. The van der Waals surface area contributed by atoms with E-state index in [1.165, 1.54) is 4.68 Å². The third-order valence-corrected chi connectivity index (χ3v) is 5.36. The molecule has 148 valence electrons. The lowest BCUT2D eigenvalue weighted by Gasteiger charge is -2.32. The lowest BCUT2D eigenvalue weighted by atomic mass is 9.94. The number of carbonyl (C=O) groups is 1. The number of likely N-dealkylation sites (N-methyl/N-ethyl adjacent to an activating group) is 1. The summed E-state index contributed by atoms with van der Waals surface area (Å²) in [4.78, 5) is 30.6. The Morgan fingerprint density at radius 2 is 1.38 bits per heavy atom. The van der Waals surface area contributed by atoms with Gasteiger partial charge in [0.05, 0.1) is 5.69 Å². The number of aromatic nitrogens is 2. The van der Waals surface area contributed by atoms with E-state index < -0.39 is 0 Å². The van der Waals surface area contributed by atoms with Crippen LogP contribution >= 0.6 is 0 Å². The molecule has 1 aromatic heterocycles. The SMILES string of the molecule is CN1CCN(C(=O)c2c(-c3ccccc3)c(-c3ccccc3)nn(C)c2=O)CC1. The molecular weight excluding hydrogens is 364 g/mol. The minimum absolute atomic E-state index is 0.192. The Hall–Kier alpha value is -3.25. The first kappa shape index (κ1) is 19.1. The smallest absolute Gasteiger partial charge is 0.280 e. The van der Waals surface area contributed by atoms with Crippen LogP contribution in [-0.4, -0.2) is 58.7 Å². The fraction of sp³-hybridized carbons (Fsp3) is 0.261.